The van der Waals surface area contributed by atoms with Crippen molar-refractivity contribution in [2.24, 2.45) is 0 Å². The largest absolute Gasteiger partial charge is 0.354 e. The van der Waals surface area contributed by atoms with Crippen LogP contribution in [0.2, 0.25) is 10.0 Å². The van der Waals surface area contributed by atoms with E-state index in [2.05, 4.69) is 15.3 Å². The van der Waals surface area contributed by atoms with Crippen LogP contribution in [0.5, 0.6) is 0 Å². The first kappa shape index (κ1) is 14.4. The van der Waals surface area contributed by atoms with Crippen LogP contribution in [0, 0.1) is 6.92 Å². The minimum atomic E-state index is 0.619. The zero-order valence-electron chi connectivity index (χ0n) is 10.6. The molecule has 0 aliphatic heterocycles. The third-order valence-electron chi connectivity index (χ3n) is 2.36. The molecule has 2 rings (SSSR count). The number of nitrogens with one attached hydrogen (secondary N) is 1. The summed E-state index contributed by atoms with van der Waals surface area (Å²) < 4.78 is 0. The highest BCUT2D eigenvalue weighted by Crippen LogP contribution is 2.35. The van der Waals surface area contributed by atoms with Gasteiger partial charge in [0.05, 0.1) is 5.02 Å². The van der Waals surface area contributed by atoms with E-state index in [4.69, 9.17) is 23.2 Å². The average Bonchev–Trinajstić information content (AvgIpc) is 2.38. The Balaban J connectivity index is 2.31. The molecule has 0 amide bonds. The van der Waals surface area contributed by atoms with Crippen LogP contribution in [0.25, 0.3) is 0 Å². The van der Waals surface area contributed by atoms with Gasteiger partial charge in [-0.2, -0.15) is 0 Å². The number of benzene rings is 1. The van der Waals surface area contributed by atoms with Crippen LogP contribution in [0.4, 0.5) is 5.95 Å². The normalized spacial score (nSPS) is 10.5. The van der Waals surface area contributed by atoms with Gasteiger partial charge in [0.15, 0.2) is 0 Å². The molecule has 2 aromatic rings. The summed E-state index contributed by atoms with van der Waals surface area (Å²) in [7, 11) is 0. The van der Waals surface area contributed by atoms with E-state index in [-0.39, 0.29) is 0 Å². The van der Waals surface area contributed by atoms with Gasteiger partial charge in [0.1, 0.15) is 5.03 Å². The Bertz CT molecular complexity index is 590. The van der Waals surface area contributed by atoms with Crippen molar-refractivity contribution in [3.8, 4) is 0 Å². The molecule has 0 atom stereocenters. The summed E-state index contributed by atoms with van der Waals surface area (Å²) in [5.41, 5.74) is 1.00. The van der Waals surface area contributed by atoms with Gasteiger partial charge < -0.3 is 5.32 Å². The molecular weight excluding hydrogens is 301 g/mol. The van der Waals surface area contributed by atoms with Gasteiger partial charge in [0.25, 0.3) is 0 Å². The van der Waals surface area contributed by atoms with Crippen LogP contribution in [0.15, 0.2) is 34.3 Å². The van der Waals surface area contributed by atoms with Gasteiger partial charge in [-0.3, -0.25) is 0 Å². The lowest BCUT2D eigenvalue weighted by Crippen LogP contribution is -2.03. The Morgan fingerprint density at radius 1 is 1.32 bits per heavy atom. The van der Waals surface area contributed by atoms with Crippen LogP contribution in [0.3, 0.4) is 0 Å². The quantitative estimate of drug-likeness (QED) is 0.832. The predicted molar refractivity (Wildman–Crippen MR) is 81.5 cm³/mol. The second-order valence-electron chi connectivity index (χ2n) is 3.89. The molecule has 0 fully saturated rings. The second-order valence-corrected chi connectivity index (χ2v) is 5.76. The number of aromatic nitrogens is 2. The maximum absolute atomic E-state index is 6.16. The lowest BCUT2D eigenvalue weighted by atomic mass is 10.4. The van der Waals surface area contributed by atoms with Crippen molar-refractivity contribution in [1.29, 1.82) is 0 Å². The predicted octanol–water partition coefficient (Wildman–Crippen LogP) is 4.67. The van der Waals surface area contributed by atoms with E-state index in [0.717, 1.165) is 22.0 Å². The van der Waals surface area contributed by atoms with Crippen LogP contribution < -0.4 is 5.32 Å². The highest BCUT2D eigenvalue weighted by Gasteiger charge is 2.09. The molecule has 6 heteroatoms. The molecular formula is C13H13Cl2N3S. The molecule has 100 valence electrons. The summed E-state index contributed by atoms with van der Waals surface area (Å²) in [6.07, 6.45) is 1.80. The standard InChI is InChI=1S/C13H13Cl2N3S/c1-3-16-13-17-7-8(2)12(18-13)19-11-6-9(14)4-5-10(11)15/h4-7H,3H2,1-2H3,(H,16,17,18). The zero-order chi connectivity index (χ0) is 13.8. The van der Waals surface area contributed by atoms with Gasteiger partial charge >= 0.3 is 0 Å². The SMILES string of the molecule is CCNc1ncc(C)c(Sc2cc(Cl)ccc2Cl)n1. The Morgan fingerprint density at radius 3 is 2.84 bits per heavy atom. The number of hydrogen-bond acceptors (Lipinski definition) is 4. The van der Waals surface area contributed by atoms with E-state index >= 15 is 0 Å². The van der Waals surface area contributed by atoms with Crippen LogP contribution in [0.1, 0.15) is 12.5 Å². The molecule has 3 nitrogen and oxygen atoms in total. The third-order valence-corrected chi connectivity index (χ3v) is 4.20. The minimum absolute atomic E-state index is 0.619. The molecule has 0 saturated carbocycles. The molecule has 0 unspecified atom stereocenters. The third kappa shape index (κ3) is 3.75. The molecule has 1 aromatic carbocycles. The van der Waals surface area contributed by atoms with Gasteiger partial charge in [0, 0.05) is 28.2 Å². The minimum Gasteiger partial charge on any atom is -0.354 e. The van der Waals surface area contributed by atoms with Gasteiger partial charge in [-0.1, -0.05) is 35.0 Å². The lowest BCUT2D eigenvalue weighted by molar-refractivity contribution is 0.983. The molecule has 0 saturated heterocycles. The molecule has 1 heterocycles. The first-order chi connectivity index (χ1) is 9.10. The molecule has 0 aliphatic carbocycles. The summed E-state index contributed by atoms with van der Waals surface area (Å²) in [4.78, 5) is 9.57. The van der Waals surface area contributed by atoms with Crippen LogP contribution in [-0.4, -0.2) is 16.5 Å². The first-order valence-electron chi connectivity index (χ1n) is 5.80. The summed E-state index contributed by atoms with van der Waals surface area (Å²) in [6.45, 7) is 4.76. The fourth-order valence-corrected chi connectivity index (χ4v) is 2.81. The van der Waals surface area contributed by atoms with Crippen LogP contribution in [-0.2, 0) is 0 Å². The Kier molecular flexibility index (Phi) is 4.91. The number of hydrogen-bond donors (Lipinski definition) is 1. The number of nitrogens with zero attached hydrogens (tertiary/aromatic N) is 2. The van der Waals surface area contributed by atoms with Gasteiger partial charge in [-0.25, -0.2) is 9.97 Å². The van der Waals surface area contributed by atoms with Gasteiger partial charge in [0.2, 0.25) is 5.95 Å². The Labute approximate surface area is 126 Å². The molecule has 0 spiro atoms. The number of halogens is 2. The van der Waals surface area contributed by atoms with Crippen molar-refractivity contribution in [2.75, 3.05) is 11.9 Å². The fourth-order valence-electron chi connectivity index (χ4n) is 1.43. The smallest absolute Gasteiger partial charge is 0.223 e. The van der Waals surface area contributed by atoms with Gasteiger partial charge in [-0.15, -0.1) is 0 Å². The highest BCUT2D eigenvalue weighted by atomic mass is 35.5. The van der Waals surface area contributed by atoms with Crippen molar-refractivity contribution >= 4 is 40.9 Å². The summed E-state index contributed by atoms with van der Waals surface area (Å²) in [5.74, 6) is 0.619. The van der Waals surface area contributed by atoms with E-state index < -0.39 is 0 Å². The highest BCUT2D eigenvalue weighted by molar-refractivity contribution is 7.99. The van der Waals surface area contributed by atoms with Crippen molar-refractivity contribution in [2.45, 2.75) is 23.8 Å². The van der Waals surface area contributed by atoms with Gasteiger partial charge in [-0.05, 0) is 32.0 Å². The van der Waals surface area contributed by atoms with Crippen molar-refractivity contribution in [3.05, 3.63) is 40.0 Å². The summed E-state index contributed by atoms with van der Waals surface area (Å²) in [5, 5.41) is 5.28. The zero-order valence-corrected chi connectivity index (χ0v) is 12.9. The van der Waals surface area contributed by atoms with Crippen LogP contribution >= 0.6 is 35.0 Å². The molecule has 19 heavy (non-hydrogen) atoms. The maximum Gasteiger partial charge on any atom is 0.223 e. The van der Waals surface area contributed by atoms with E-state index in [1.807, 2.05) is 19.9 Å². The topological polar surface area (TPSA) is 37.8 Å². The first-order valence-corrected chi connectivity index (χ1v) is 7.38. The maximum atomic E-state index is 6.16. The van der Waals surface area contributed by atoms with E-state index in [9.17, 15) is 0 Å². The van der Waals surface area contributed by atoms with Crippen molar-refractivity contribution in [1.82, 2.24) is 9.97 Å². The Hall–Kier alpha value is -0.970. The molecule has 1 N–H and O–H groups in total. The number of anilines is 1. The molecule has 0 aliphatic rings. The van der Waals surface area contributed by atoms with Crippen molar-refractivity contribution in [3.63, 3.8) is 0 Å². The number of rotatable bonds is 4. The number of aryl methyl sites for hydroxylation is 1. The van der Waals surface area contributed by atoms with E-state index in [1.165, 1.54) is 11.8 Å². The monoisotopic (exact) mass is 313 g/mol. The summed E-state index contributed by atoms with van der Waals surface area (Å²) >= 11 is 13.6. The Morgan fingerprint density at radius 2 is 2.11 bits per heavy atom. The molecule has 0 radical (unpaired) electrons. The summed E-state index contributed by atoms with van der Waals surface area (Å²) in [6, 6.07) is 5.39. The average molecular weight is 314 g/mol. The molecule has 0 bridgehead atoms. The molecule has 1 aromatic heterocycles. The second kappa shape index (κ2) is 6.46. The fraction of sp³-hybridized carbons (Fsp3) is 0.231. The lowest BCUT2D eigenvalue weighted by Gasteiger charge is -2.08. The van der Waals surface area contributed by atoms with E-state index in [0.29, 0.717) is 16.0 Å². The van der Waals surface area contributed by atoms with Crippen molar-refractivity contribution < 1.29 is 0 Å². The van der Waals surface area contributed by atoms with E-state index in [1.54, 1.807) is 18.3 Å².